The van der Waals surface area contributed by atoms with Crippen molar-refractivity contribution in [3.63, 3.8) is 0 Å². The molecule has 0 spiro atoms. The average Bonchev–Trinajstić information content (AvgIpc) is 2.34. The fourth-order valence-electron chi connectivity index (χ4n) is 1.48. The summed E-state index contributed by atoms with van der Waals surface area (Å²) in [6.45, 7) is 7.49. The predicted molar refractivity (Wildman–Crippen MR) is 75.8 cm³/mol. The van der Waals surface area contributed by atoms with E-state index in [-0.39, 0.29) is 6.10 Å². The first kappa shape index (κ1) is 14.4. The molecule has 0 fully saturated rings. The highest BCUT2D eigenvalue weighted by molar-refractivity contribution is 5.77. The van der Waals surface area contributed by atoms with E-state index in [1.165, 1.54) is 0 Å². The molecule has 0 atom stereocenters. The van der Waals surface area contributed by atoms with Gasteiger partial charge in [-0.3, -0.25) is 0 Å². The Morgan fingerprint density at radius 2 is 2.11 bits per heavy atom. The van der Waals surface area contributed by atoms with Gasteiger partial charge in [-0.05, 0) is 26.3 Å². The minimum atomic E-state index is 0.158. The Morgan fingerprint density at radius 3 is 2.78 bits per heavy atom. The summed E-state index contributed by atoms with van der Waals surface area (Å²) in [6, 6.07) is 7.91. The van der Waals surface area contributed by atoms with E-state index in [2.05, 4.69) is 17.2 Å². The maximum absolute atomic E-state index is 5.76. The van der Waals surface area contributed by atoms with E-state index in [9.17, 15) is 0 Å². The van der Waals surface area contributed by atoms with Crippen LogP contribution in [0.3, 0.4) is 0 Å². The number of benzene rings is 1. The SMILES string of the molecule is CCCNC(N)=NCc1ccccc1OC(C)C. The largest absolute Gasteiger partial charge is 0.491 e. The summed E-state index contributed by atoms with van der Waals surface area (Å²) < 4.78 is 5.73. The van der Waals surface area contributed by atoms with E-state index < -0.39 is 0 Å². The summed E-state index contributed by atoms with van der Waals surface area (Å²) in [5.74, 6) is 1.36. The first-order chi connectivity index (χ1) is 8.63. The molecule has 4 heteroatoms. The highest BCUT2D eigenvalue weighted by atomic mass is 16.5. The fraction of sp³-hybridized carbons (Fsp3) is 0.500. The molecule has 0 saturated heterocycles. The summed E-state index contributed by atoms with van der Waals surface area (Å²) in [6.07, 6.45) is 1.19. The van der Waals surface area contributed by atoms with Crippen molar-refractivity contribution in [1.82, 2.24) is 5.32 Å². The normalized spacial score (nSPS) is 11.7. The summed E-state index contributed by atoms with van der Waals surface area (Å²) in [5.41, 5.74) is 6.81. The van der Waals surface area contributed by atoms with Crippen LogP contribution in [-0.4, -0.2) is 18.6 Å². The van der Waals surface area contributed by atoms with Crippen molar-refractivity contribution in [1.29, 1.82) is 0 Å². The van der Waals surface area contributed by atoms with Crippen molar-refractivity contribution in [2.45, 2.75) is 39.8 Å². The number of nitrogens with zero attached hydrogens (tertiary/aromatic N) is 1. The fourth-order valence-corrected chi connectivity index (χ4v) is 1.48. The van der Waals surface area contributed by atoms with Crippen LogP contribution in [0.1, 0.15) is 32.8 Å². The van der Waals surface area contributed by atoms with Gasteiger partial charge < -0.3 is 15.8 Å². The van der Waals surface area contributed by atoms with Crippen molar-refractivity contribution < 1.29 is 4.74 Å². The molecule has 100 valence electrons. The van der Waals surface area contributed by atoms with Crippen LogP contribution in [0.25, 0.3) is 0 Å². The number of para-hydroxylation sites is 1. The Balaban J connectivity index is 2.66. The average molecular weight is 249 g/mol. The molecular weight excluding hydrogens is 226 g/mol. The Hall–Kier alpha value is -1.71. The van der Waals surface area contributed by atoms with Crippen LogP contribution >= 0.6 is 0 Å². The minimum absolute atomic E-state index is 0.158. The zero-order valence-corrected chi connectivity index (χ0v) is 11.4. The second kappa shape index (κ2) is 7.58. The third-order valence-corrected chi connectivity index (χ3v) is 2.31. The predicted octanol–water partition coefficient (Wildman–Crippen LogP) is 2.29. The van der Waals surface area contributed by atoms with Gasteiger partial charge in [-0.25, -0.2) is 4.99 Å². The van der Waals surface area contributed by atoms with Crippen molar-refractivity contribution in [3.05, 3.63) is 29.8 Å². The first-order valence-electron chi connectivity index (χ1n) is 6.41. The highest BCUT2D eigenvalue weighted by Crippen LogP contribution is 2.19. The molecular formula is C14H23N3O. The van der Waals surface area contributed by atoms with Gasteiger partial charge in [0.2, 0.25) is 0 Å². The van der Waals surface area contributed by atoms with E-state index >= 15 is 0 Å². The van der Waals surface area contributed by atoms with Gasteiger partial charge in [0.15, 0.2) is 5.96 Å². The van der Waals surface area contributed by atoms with Crippen molar-refractivity contribution in [2.24, 2.45) is 10.7 Å². The third kappa shape index (κ3) is 5.08. The number of hydrogen-bond donors (Lipinski definition) is 2. The topological polar surface area (TPSA) is 59.6 Å². The lowest BCUT2D eigenvalue weighted by Gasteiger charge is -2.13. The second-order valence-electron chi connectivity index (χ2n) is 4.40. The molecule has 0 aliphatic carbocycles. The van der Waals surface area contributed by atoms with E-state index in [1.807, 2.05) is 38.1 Å². The third-order valence-electron chi connectivity index (χ3n) is 2.31. The Labute approximate surface area is 109 Å². The number of aliphatic imine (C=N–C) groups is 1. The first-order valence-corrected chi connectivity index (χ1v) is 6.41. The van der Waals surface area contributed by atoms with Crippen LogP contribution in [0, 0.1) is 0 Å². The molecule has 18 heavy (non-hydrogen) atoms. The number of ether oxygens (including phenoxy) is 1. The van der Waals surface area contributed by atoms with Gasteiger partial charge in [0.25, 0.3) is 0 Å². The molecule has 0 unspecified atom stereocenters. The van der Waals surface area contributed by atoms with Crippen LogP contribution in [0.5, 0.6) is 5.75 Å². The van der Waals surface area contributed by atoms with Crippen LogP contribution in [0.15, 0.2) is 29.3 Å². The van der Waals surface area contributed by atoms with Gasteiger partial charge in [-0.15, -0.1) is 0 Å². The van der Waals surface area contributed by atoms with Crippen LogP contribution in [-0.2, 0) is 6.54 Å². The molecule has 0 aromatic heterocycles. The molecule has 0 aliphatic rings. The number of rotatable bonds is 6. The molecule has 3 N–H and O–H groups in total. The monoisotopic (exact) mass is 249 g/mol. The Kier molecular flexibility index (Phi) is 6.05. The smallest absolute Gasteiger partial charge is 0.188 e. The zero-order chi connectivity index (χ0) is 13.4. The molecule has 0 amide bonds. The molecule has 0 radical (unpaired) electrons. The summed E-state index contributed by atoms with van der Waals surface area (Å²) in [7, 11) is 0. The lowest BCUT2D eigenvalue weighted by Crippen LogP contribution is -2.32. The second-order valence-corrected chi connectivity index (χ2v) is 4.40. The van der Waals surface area contributed by atoms with E-state index in [0.717, 1.165) is 24.3 Å². The molecule has 1 rings (SSSR count). The van der Waals surface area contributed by atoms with Gasteiger partial charge >= 0.3 is 0 Å². The Bertz CT molecular complexity index is 388. The zero-order valence-electron chi connectivity index (χ0n) is 11.4. The lowest BCUT2D eigenvalue weighted by molar-refractivity contribution is 0.240. The lowest BCUT2D eigenvalue weighted by atomic mass is 10.2. The highest BCUT2D eigenvalue weighted by Gasteiger charge is 2.04. The number of hydrogen-bond acceptors (Lipinski definition) is 2. The van der Waals surface area contributed by atoms with Crippen LogP contribution in [0.4, 0.5) is 0 Å². The van der Waals surface area contributed by atoms with Gasteiger partial charge in [-0.2, -0.15) is 0 Å². The van der Waals surface area contributed by atoms with Crippen molar-refractivity contribution >= 4 is 5.96 Å². The molecule has 0 bridgehead atoms. The number of nitrogens with one attached hydrogen (secondary N) is 1. The Morgan fingerprint density at radius 1 is 1.39 bits per heavy atom. The molecule has 0 heterocycles. The van der Waals surface area contributed by atoms with Crippen molar-refractivity contribution in [2.75, 3.05) is 6.54 Å². The number of nitrogens with two attached hydrogens (primary N) is 1. The van der Waals surface area contributed by atoms with Gasteiger partial charge in [-0.1, -0.05) is 25.1 Å². The van der Waals surface area contributed by atoms with Crippen LogP contribution in [0.2, 0.25) is 0 Å². The molecule has 1 aromatic rings. The summed E-state index contributed by atoms with van der Waals surface area (Å²) >= 11 is 0. The van der Waals surface area contributed by atoms with Crippen molar-refractivity contribution in [3.8, 4) is 5.75 Å². The maximum atomic E-state index is 5.76. The van der Waals surface area contributed by atoms with Gasteiger partial charge in [0, 0.05) is 12.1 Å². The molecule has 0 aliphatic heterocycles. The quantitative estimate of drug-likeness (QED) is 0.600. The van der Waals surface area contributed by atoms with Crippen LogP contribution < -0.4 is 15.8 Å². The summed E-state index contributed by atoms with van der Waals surface area (Å²) in [4.78, 5) is 4.30. The van der Waals surface area contributed by atoms with E-state index in [0.29, 0.717) is 12.5 Å². The van der Waals surface area contributed by atoms with E-state index in [4.69, 9.17) is 10.5 Å². The van der Waals surface area contributed by atoms with Gasteiger partial charge in [0.05, 0.1) is 12.6 Å². The van der Waals surface area contributed by atoms with E-state index in [1.54, 1.807) is 0 Å². The number of guanidine groups is 1. The van der Waals surface area contributed by atoms with Gasteiger partial charge in [0.1, 0.15) is 5.75 Å². The molecule has 1 aromatic carbocycles. The summed E-state index contributed by atoms with van der Waals surface area (Å²) in [5, 5.41) is 3.05. The molecule has 4 nitrogen and oxygen atoms in total. The minimum Gasteiger partial charge on any atom is -0.491 e. The standard InChI is InChI=1S/C14H23N3O/c1-4-9-16-14(15)17-10-12-7-5-6-8-13(12)18-11(2)3/h5-8,11H,4,9-10H2,1-3H3,(H3,15,16,17). The molecule has 0 saturated carbocycles. The maximum Gasteiger partial charge on any atom is 0.188 e.